The number of para-hydroxylation sites is 1. The van der Waals surface area contributed by atoms with Crippen LogP contribution in [0.4, 0.5) is 5.69 Å². The number of hydrogen-bond donors (Lipinski definition) is 9. The lowest BCUT2D eigenvalue weighted by atomic mass is 10.0. The third kappa shape index (κ3) is 10.8. The molecule has 1 amide bonds. The molecular formula is C24H34N2O9. The first-order valence-corrected chi connectivity index (χ1v) is 11.0. The molecule has 4 atom stereocenters. The summed E-state index contributed by atoms with van der Waals surface area (Å²) in [5, 5.41) is 68.9. The van der Waals surface area contributed by atoms with Crippen molar-refractivity contribution in [2.45, 2.75) is 44.2 Å². The number of phenols is 1. The Hall–Kier alpha value is -3.06. The van der Waals surface area contributed by atoms with Crippen molar-refractivity contribution < 1.29 is 45.3 Å². The van der Waals surface area contributed by atoms with Crippen molar-refractivity contribution >= 4 is 17.6 Å². The lowest BCUT2D eigenvalue weighted by Gasteiger charge is -2.25. The third-order valence-electron chi connectivity index (χ3n) is 4.94. The lowest BCUT2D eigenvalue weighted by Crippen LogP contribution is -2.49. The fraction of sp³-hybridized carbons (Fsp3) is 0.417. The van der Waals surface area contributed by atoms with Crippen LogP contribution in [-0.4, -0.2) is 91.7 Å². The standard InChI is InChI=1S/C16H15NO4.C8H19NO5/c18-12-8-5-11(6-9-12)7-10-15(19)17-14-4-2-1-3-13(14)16(20)21;1-2-9-3-5(11)7(13)8(14)6(12)4-10/h1-6,8-9,18H,7,10H2,(H,17,19)(H,20,21);5-14H,2-4H2,1H3/t;5-,6+,7+,8+/m.0/s1. The minimum atomic E-state index is -1.55. The molecule has 0 fully saturated rings. The smallest absolute Gasteiger partial charge is 0.337 e. The molecule has 2 rings (SSSR count). The second-order valence-corrected chi connectivity index (χ2v) is 7.67. The maximum Gasteiger partial charge on any atom is 0.337 e. The predicted molar refractivity (Wildman–Crippen MR) is 128 cm³/mol. The Morgan fingerprint density at radius 3 is 2.09 bits per heavy atom. The van der Waals surface area contributed by atoms with Crippen LogP contribution >= 0.6 is 0 Å². The number of amides is 1. The molecule has 11 heteroatoms. The van der Waals surface area contributed by atoms with E-state index >= 15 is 0 Å². The molecule has 0 saturated heterocycles. The van der Waals surface area contributed by atoms with Gasteiger partial charge in [0.2, 0.25) is 5.91 Å². The van der Waals surface area contributed by atoms with Crippen LogP contribution in [0.15, 0.2) is 48.5 Å². The first-order chi connectivity index (χ1) is 16.6. The number of nitrogens with one attached hydrogen (secondary N) is 2. The number of carbonyl (C=O) groups excluding carboxylic acids is 1. The average Bonchev–Trinajstić information content (AvgIpc) is 2.86. The van der Waals surface area contributed by atoms with E-state index in [0.29, 0.717) is 18.7 Å². The van der Waals surface area contributed by atoms with E-state index in [0.717, 1.165) is 5.56 Å². The van der Waals surface area contributed by atoms with Crippen molar-refractivity contribution in [3.8, 4) is 5.75 Å². The van der Waals surface area contributed by atoms with Crippen molar-refractivity contribution in [3.63, 3.8) is 0 Å². The minimum absolute atomic E-state index is 0.0653. The molecule has 9 N–H and O–H groups in total. The van der Waals surface area contributed by atoms with Gasteiger partial charge < -0.3 is 46.4 Å². The molecule has 35 heavy (non-hydrogen) atoms. The highest BCUT2D eigenvalue weighted by atomic mass is 16.4. The number of carboxylic acid groups (broad SMARTS) is 1. The molecular weight excluding hydrogens is 460 g/mol. The van der Waals surface area contributed by atoms with E-state index in [-0.39, 0.29) is 30.2 Å². The maximum atomic E-state index is 11.9. The van der Waals surface area contributed by atoms with Crippen LogP contribution in [0.25, 0.3) is 0 Å². The SMILES string of the molecule is CCNC[C@H](O)[C@@H](O)[C@H](O)[C@H](O)CO.O=C(CCc1ccc(O)cc1)Nc1ccccc1C(=O)O. The molecule has 0 aromatic heterocycles. The highest BCUT2D eigenvalue weighted by molar-refractivity contribution is 6.00. The summed E-state index contributed by atoms with van der Waals surface area (Å²) in [6, 6.07) is 12.9. The summed E-state index contributed by atoms with van der Waals surface area (Å²) < 4.78 is 0. The van der Waals surface area contributed by atoms with Crippen molar-refractivity contribution in [2.75, 3.05) is 25.0 Å². The van der Waals surface area contributed by atoms with Gasteiger partial charge in [-0.25, -0.2) is 4.79 Å². The fourth-order valence-electron chi connectivity index (χ4n) is 2.89. The molecule has 0 spiro atoms. The van der Waals surface area contributed by atoms with Crippen LogP contribution in [0.1, 0.15) is 29.3 Å². The molecule has 2 aromatic rings. The summed E-state index contributed by atoms with van der Waals surface area (Å²) in [7, 11) is 0. The number of hydrogen-bond acceptors (Lipinski definition) is 9. The zero-order chi connectivity index (χ0) is 26.4. The van der Waals surface area contributed by atoms with Gasteiger partial charge in [-0.2, -0.15) is 0 Å². The number of likely N-dealkylation sites (N-methyl/N-ethyl adjacent to an activating group) is 1. The predicted octanol–water partition coefficient (Wildman–Crippen LogP) is -0.306. The van der Waals surface area contributed by atoms with Gasteiger partial charge in [0.05, 0.1) is 24.0 Å². The number of aliphatic hydroxyl groups is 5. The number of aromatic carboxylic acids is 1. The van der Waals surface area contributed by atoms with Gasteiger partial charge in [0, 0.05) is 13.0 Å². The van der Waals surface area contributed by atoms with Gasteiger partial charge in [-0.15, -0.1) is 0 Å². The van der Waals surface area contributed by atoms with E-state index in [1.807, 2.05) is 6.92 Å². The van der Waals surface area contributed by atoms with Gasteiger partial charge in [-0.3, -0.25) is 4.79 Å². The zero-order valence-corrected chi connectivity index (χ0v) is 19.4. The average molecular weight is 495 g/mol. The Balaban J connectivity index is 0.000000383. The van der Waals surface area contributed by atoms with E-state index in [2.05, 4.69) is 10.6 Å². The van der Waals surface area contributed by atoms with E-state index in [9.17, 15) is 30.0 Å². The van der Waals surface area contributed by atoms with Crippen LogP contribution < -0.4 is 10.6 Å². The number of anilines is 1. The van der Waals surface area contributed by atoms with Crippen molar-refractivity contribution in [1.29, 1.82) is 0 Å². The van der Waals surface area contributed by atoms with Gasteiger partial charge >= 0.3 is 5.97 Å². The van der Waals surface area contributed by atoms with Crippen molar-refractivity contribution in [3.05, 3.63) is 59.7 Å². The number of carbonyl (C=O) groups is 2. The summed E-state index contributed by atoms with van der Waals surface area (Å²) in [5.74, 6) is -1.15. The molecule has 0 radical (unpaired) electrons. The number of benzene rings is 2. The molecule has 0 heterocycles. The Morgan fingerprint density at radius 2 is 1.51 bits per heavy atom. The van der Waals surface area contributed by atoms with E-state index < -0.39 is 37.0 Å². The largest absolute Gasteiger partial charge is 0.508 e. The van der Waals surface area contributed by atoms with E-state index in [4.69, 9.17) is 15.3 Å². The topological polar surface area (TPSA) is 200 Å². The van der Waals surface area contributed by atoms with Crippen LogP contribution in [0.5, 0.6) is 5.75 Å². The second kappa shape index (κ2) is 15.8. The quantitative estimate of drug-likeness (QED) is 0.189. The Bertz CT molecular complexity index is 908. The monoisotopic (exact) mass is 494 g/mol. The third-order valence-corrected chi connectivity index (χ3v) is 4.94. The van der Waals surface area contributed by atoms with Crippen LogP contribution in [0.3, 0.4) is 0 Å². The van der Waals surface area contributed by atoms with E-state index in [1.165, 1.54) is 6.07 Å². The van der Waals surface area contributed by atoms with Crippen molar-refractivity contribution in [2.24, 2.45) is 0 Å². The molecule has 11 nitrogen and oxygen atoms in total. The van der Waals surface area contributed by atoms with Crippen LogP contribution in [0, 0.1) is 0 Å². The van der Waals surface area contributed by atoms with Gasteiger partial charge in [0.15, 0.2) is 0 Å². The summed E-state index contributed by atoms with van der Waals surface area (Å²) in [5.41, 5.74) is 1.28. The number of aromatic hydroxyl groups is 1. The fourth-order valence-corrected chi connectivity index (χ4v) is 2.89. The summed E-state index contributed by atoms with van der Waals surface area (Å²) in [6.45, 7) is 1.92. The first kappa shape index (κ1) is 30.0. The molecule has 0 aliphatic carbocycles. The minimum Gasteiger partial charge on any atom is -0.508 e. The van der Waals surface area contributed by atoms with Crippen LogP contribution in [-0.2, 0) is 11.2 Å². The molecule has 0 aliphatic rings. The normalized spacial score (nSPS) is 14.1. The maximum absolute atomic E-state index is 11.9. The highest BCUT2D eigenvalue weighted by Crippen LogP contribution is 2.16. The first-order valence-electron chi connectivity index (χ1n) is 11.0. The summed E-state index contributed by atoms with van der Waals surface area (Å²) in [4.78, 5) is 22.9. The number of aryl methyl sites for hydroxylation is 1. The van der Waals surface area contributed by atoms with Crippen molar-refractivity contribution in [1.82, 2.24) is 5.32 Å². The number of carboxylic acids is 1. The lowest BCUT2D eigenvalue weighted by molar-refractivity contribution is -0.116. The second-order valence-electron chi connectivity index (χ2n) is 7.67. The summed E-state index contributed by atoms with van der Waals surface area (Å²) >= 11 is 0. The Morgan fingerprint density at radius 1 is 0.914 bits per heavy atom. The number of rotatable bonds is 12. The molecule has 0 unspecified atom stereocenters. The Kier molecular flexibility index (Phi) is 13.5. The zero-order valence-electron chi connectivity index (χ0n) is 19.4. The van der Waals surface area contributed by atoms with Gasteiger partial charge in [-0.05, 0) is 42.8 Å². The molecule has 0 aliphatic heterocycles. The summed E-state index contributed by atoms with van der Waals surface area (Å²) in [6.07, 6.45) is -4.89. The number of aliphatic hydroxyl groups excluding tert-OH is 5. The van der Waals surface area contributed by atoms with Gasteiger partial charge in [-0.1, -0.05) is 31.2 Å². The Labute approximate surface area is 203 Å². The number of phenolic OH excluding ortho intramolecular Hbond substituents is 1. The van der Waals surface area contributed by atoms with Gasteiger partial charge in [0.1, 0.15) is 24.1 Å². The molecule has 0 bridgehead atoms. The highest BCUT2D eigenvalue weighted by Gasteiger charge is 2.29. The van der Waals surface area contributed by atoms with E-state index in [1.54, 1.807) is 42.5 Å². The molecule has 0 saturated carbocycles. The molecule has 2 aromatic carbocycles. The van der Waals surface area contributed by atoms with Crippen LogP contribution in [0.2, 0.25) is 0 Å². The molecule has 194 valence electrons. The van der Waals surface area contributed by atoms with Gasteiger partial charge in [0.25, 0.3) is 0 Å².